The van der Waals surface area contributed by atoms with Crippen LogP contribution in [-0.4, -0.2) is 41.6 Å². The van der Waals surface area contributed by atoms with Crippen molar-refractivity contribution in [3.05, 3.63) is 54.1 Å². The molecule has 0 unspecified atom stereocenters. The molecule has 0 saturated carbocycles. The molecule has 2 rings (SSSR count). The molecular formula is C18H24ClN3O4S. The molecule has 9 heteroatoms. The maximum Gasteiger partial charge on any atom is 0.261 e. The molecular weight excluding hydrogens is 390 g/mol. The third-order valence-electron chi connectivity index (χ3n) is 3.66. The zero-order chi connectivity index (χ0) is 19.0. The van der Waals surface area contributed by atoms with E-state index in [1.54, 1.807) is 24.3 Å². The fourth-order valence-electron chi connectivity index (χ4n) is 2.23. The summed E-state index contributed by atoms with van der Waals surface area (Å²) in [6.07, 6.45) is 0.820. The van der Waals surface area contributed by atoms with Crippen molar-refractivity contribution in [1.82, 2.24) is 10.6 Å². The highest BCUT2D eigenvalue weighted by Crippen LogP contribution is 2.19. The monoisotopic (exact) mass is 413 g/mol. The minimum Gasteiger partial charge on any atom is -0.497 e. The first-order valence-corrected chi connectivity index (χ1v) is 9.64. The maximum absolute atomic E-state index is 12.4. The summed E-state index contributed by atoms with van der Waals surface area (Å²) in [6.45, 7) is 1.37. The number of nitrogens with one attached hydrogen (secondary N) is 3. The SMILES string of the molecule is CNCCCNC(=O)c1ccc(S(=O)(=O)Nc2ccc(OC)cc2)cc1.Cl. The summed E-state index contributed by atoms with van der Waals surface area (Å²) in [6, 6.07) is 12.4. The zero-order valence-corrected chi connectivity index (χ0v) is 16.8. The Morgan fingerprint density at radius 2 is 1.63 bits per heavy atom. The quantitative estimate of drug-likeness (QED) is 0.548. The Bertz CT molecular complexity index is 825. The Labute approximate surface area is 166 Å². The first-order valence-electron chi connectivity index (χ1n) is 8.16. The lowest BCUT2D eigenvalue weighted by atomic mass is 10.2. The van der Waals surface area contributed by atoms with Crippen LogP contribution in [0.2, 0.25) is 0 Å². The molecule has 3 N–H and O–H groups in total. The van der Waals surface area contributed by atoms with Gasteiger partial charge in [0.25, 0.3) is 15.9 Å². The molecule has 2 aromatic rings. The van der Waals surface area contributed by atoms with E-state index in [2.05, 4.69) is 15.4 Å². The number of amides is 1. The van der Waals surface area contributed by atoms with Gasteiger partial charge in [0.1, 0.15) is 5.75 Å². The number of hydrogen-bond donors (Lipinski definition) is 3. The van der Waals surface area contributed by atoms with Gasteiger partial charge >= 0.3 is 0 Å². The van der Waals surface area contributed by atoms with E-state index in [4.69, 9.17) is 4.74 Å². The summed E-state index contributed by atoms with van der Waals surface area (Å²) >= 11 is 0. The minimum atomic E-state index is -3.73. The van der Waals surface area contributed by atoms with Crippen LogP contribution in [0.15, 0.2) is 53.4 Å². The number of benzene rings is 2. The van der Waals surface area contributed by atoms with E-state index < -0.39 is 10.0 Å². The topological polar surface area (TPSA) is 96.5 Å². The molecule has 148 valence electrons. The van der Waals surface area contributed by atoms with Crippen LogP contribution in [-0.2, 0) is 10.0 Å². The lowest BCUT2D eigenvalue weighted by Gasteiger charge is -2.10. The van der Waals surface area contributed by atoms with Crippen LogP contribution in [0, 0.1) is 0 Å². The van der Waals surface area contributed by atoms with E-state index in [0.29, 0.717) is 23.5 Å². The number of sulfonamides is 1. The second-order valence-corrected chi connectivity index (χ2v) is 7.25. The van der Waals surface area contributed by atoms with Gasteiger partial charge in [-0.3, -0.25) is 9.52 Å². The standard InChI is InChI=1S/C18H23N3O4S.ClH/c1-19-12-3-13-20-18(22)14-4-10-17(11-5-14)26(23,24)21-15-6-8-16(25-2)9-7-15;/h4-11,19,21H,3,12-13H2,1-2H3,(H,20,22);1H. The first-order chi connectivity index (χ1) is 12.5. The number of halogens is 1. The lowest BCUT2D eigenvalue weighted by Crippen LogP contribution is -2.26. The molecule has 0 saturated heterocycles. The Morgan fingerprint density at radius 3 is 2.19 bits per heavy atom. The predicted molar refractivity (Wildman–Crippen MR) is 108 cm³/mol. The lowest BCUT2D eigenvalue weighted by molar-refractivity contribution is 0.0953. The molecule has 7 nitrogen and oxygen atoms in total. The van der Waals surface area contributed by atoms with Crippen molar-refractivity contribution in [1.29, 1.82) is 0 Å². The largest absolute Gasteiger partial charge is 0.497 e. The molecule has 1 amide bonds. The van der Waals surface area contributed by atoms with Gasteiger partial charge in [-0.25, -0.2) is 8.42 Å². The average Bonchev–Trinajstić information content (AvgIpc) is 2.65. The molecule has 0 aliphatic heterocycles. The Hall–Kier alpha value is -2.29. The van der Waals surface area contributed by atoms with Crippen molar-refractivity contribution in [2.45, 2.75) is 11.3 Å². The van der Waals surface area contributed by atoms with E-state index >= 15 is 0 Å². The molecule has 0 radical (unpaired) electrons. The smallest absolute Gasteiger partial charge is 0.261 e. The highest BCUT2D eigenvalue weighted by atomic mass is 35.5. The Morgan fingerprint density at radius 1 is 1.00 bits per heavy atom. The molecule has 0 atom stereocenters. The molecule has 0 heterocycles. The summed E-state index contributed by atoms with van der Waals surface area (Å²) in [7, 11) is -0.343. The van der Waals surface area contributed by atoms with E-state index in [1.807, 2.05) is 7.05 Å². The fourth-order valence-corrected chi connectivity index (χ4v) is 3.29. The van der Waals surface area contributed by atoms with Crippen LogP contribution in [0.3, 0.4) is 0 Å². The molecule has 0 spiro atoms. The summed E-state index contributed by atoms with van der Waals surface area (Å²) < 4.78 is 32.4. The normalized spacial score (nSPS) is 10.6. The predicted octanol–water partition coefficient (Wildman–Crippen LogP) is 2.26. The average molecular weight is 414 g/mol. The van der Waals surface area contributed by atoms with Gasteiger partial charge in [-0.05, 0) is 68.5 Å². The fraction of sp³-hybridized carbons (Fsp3) is 0.278. The Balaban J connectivity index is 0.00000364. The Kier molecular flexibility index (Phi) is 9.07. The van der Waals surface area contributed by atoms with Gasteiger partial charge in [0, 0.05) is 17.8 Å². The highest BCUT2D eigenvalue weighted by Gasteiger charge is 2.15. The molecule has 0 bridgehead atoms. The van der Waals surface area contributed by atoms with E-state index in [1.165, 1.54) is 31.4 Å². The summed E-state index contributed by atoms with van der Waals surface area (Å²) in [5.74, 6) is 0.409. The third kappa shape index (κ3) is 6.74. The van der Waals surface area contributed by atoms with Gasteiger partial charge in [-0.1, -0.05) is 0 Å². The number of hydrogen-bond acceptors (Lipinski definition) is 5. The molecule has 0 fully saturated rings. The summed E-state index contributed by atoms with van der Waals surface area (Å²) in [5.41, 5.74) is 0.843. The van der Waals surface area contributed by atoms with Crippen molar-refractivity contribution >= 4 is 34.0 Å². The van der Waals surface area contributed by atoms with Gasteiger partial charge in [-0.2, -0.15) is 0 Å². The van der Waals surface area contributed by atoms with Gasteiger partial charge in [0.2, 0.25) is 0 Å². The van der Waals surface area contributed by atoms with Gasteiger partial charge < -0.3 is 15.4 Å². The van der Waals surface area contributed by atoms with Crippen LogP contribution >= 0.6 is 12.4 Å². The van der Waals surface area contributed by atoms with Crippen LogP contribution in [0.4, 0.5) is 5.69 Å². The first kappa shape index (κ1) is 22.8. The molecule has 0 aromatic heterocycles. The summed E-state index contributed by atoms with van der Waals surface area (Å²) in [4.78, 5) is 12.1. The van der Waals surface area contributed by atoms with E-state index in [0.717, 1.165) is 13.0 Å². The van der Waals surface area contributed by atoms with Crippen LogP contribution in [0.25, 0.3) is 0 Å². The van der Waals surface area contributed by atoms with Gasteiger partial charge in [0.05, 0.1) is 12.0 Å². The zero-order valence-electron chi connectivity index (χ0n) is 15.2. The number of methoxy groups -OCH3 is 1. The third-order valence-corrected chi connectivity index (χ3v) is 5.06. The van der Waals surface area contributed by atoms with Gasteiger partial charge in [0.15, 0.2) is 0 Å². The van der Waals surface area contributed by atoms with Gasteiger partial charge in [-0.15, -0.1) is 12.4 Å². The number of anilines is 1. The second-order valence-electron chi connectivity index (χ2n) is 5.57. The minimum absolute atomic E-state index is 0. The summed E-state index contributed by atoms with van der Waals surface area (Å²) in [5, 5.41) is 5.79. The van der Waals surface area contributed by atoms with Crippen molar-refractivity contribution in [3.63, 3.8) is 0 Å². The van der Waals surface area contributed by atoms with Crippen LogP contribution < -0.4 is 20.1 Å². The number of carbonyl (C=O) groups excluding carboxylic acids is 1. The molecule has 0 aliphatic carbocycles. The molecule has 27 heavy (non-hydrogen) atoms. The molecule has 0 aliphatic rings. The number of rotatable bonds is 9. The highest BCUT2D eigenvalue weighted by molar-refractivity contribution is 7.92. The van der Waals surface area contributed by atoms with Crippen molar-refractivity contribution in [2.24, 2.45) is 0 Å². The number of ether oxygens (including phenoxy) is 1. The maximum atomic E-state index is 12.4. The second kappa shape index (κ2) is 10.8. The van der Waals surface area contributed by atoms with Crippen molar-refractivity contribution in [3.8, 4) is 5.75 Å². The van der Waals surface area contributed by atoms with Crippen molar-refractivity contribution in [2.75, 3.05) is 32.0 Å². The molecule has 2 aromatic carbocycles. The van der Waals surface area contributed by atoms with Crippen LogP contribution in [0.1, 0.15) is 16.8 Å². The van der Waals surface area contributed by atoms with Crippen LogP contribution in [0.5, 0.6) is 5.75 Å². The van der Waals surface area contributed by atoms with E-state index in [-0.39, 0.29) is 23.2 Å². The van der Waals surface area contributed by atoms with Crippen molar-refractivity contribution < 1.29 is 17.9 Å². The number of carbonyl (C=O) groups is 1. The van der Waals surface area contributed by atoms with E-state index in [9.17, 15) is 13.2 Å².